The Morgan fingerprint density at radius 3 is 2.57 bits per heavy atom. The summed E-state index contributed by atoms with van der Waals surface area (Å²) in [5, 5.41) is 0.651. The highest BCUT2D eigenvalue weighted by molar-refractivity contribution is 8.01. The summed E-state index contributed by atoms with van der Waals surface area (Å²) in [6, 6.07) is 19.5. The second-order valence-electron chi connectivity index (χ2n) is 5.68. The Kier molecular flexibility index (Phi) is 3.36. The summed E-state index contributed by atoms with van der Waals surface area (Å²) in [6.45, 7) is 1.99. The Bertz CT molecular complexity index is 903. The van der Waals surface area contributed by atoms with Crippen molar-refractivity contribution in [1.29, 1.82) is 0 Å². The summed E-state index contributed by atoms with van der Waals surface area (Å²) in [7, 11) is 0. The van der Waals surface area contributed by atoms with E-state index in [2.05, 4.69) is 0 Å². The average Bonchev–Trinajstić information content (AvgIpc) is 3.00. The Morgan fingerprint density at radius 2 is 1.78 bits per heavy atom. The van der Waals surface area contributed by atoms with Gasteiger partial charge in [0.2, 0.25) is 0 Å². The summed E-state index contributed by atoms with van der Waals surface area (Å²) in [5.41, 5.74) is 2.54. The molecule has 1 aliphatic rings. The van der Waals surface area contributed by atoms with Crippen LogP contribution >= 0.6 is 23.4 Å². The standard InChI is InChI=1S/C19H14ClNOS/c1-19(13-7-3-2-4-8-13)18(22)15-10-6-12-21(15)17-14(20)9-5-11-16(17)23-19/h2-12H,1H3. The molecule has 0 radical (unpaired) electrons. The van der Waals surface area contributed by atoms with Crippen LogP contribution < -0.4 is 0 Å². The number of ketones is 1. The number of Topliss-reactive ketones (excluding diaryl/α,β-unsaturated/α-hetero) is 1. The molecule has 2 nitrogen and oxygen atoms in total. The predicted octanol–water partition coefficient (Wildman–Crippen LogP) is 5.33. The highest BCUT2D eigenvalue weighted by Crippen LogP contribution is 2.49. The maximum atomic E-state index is 13.3. The molecule has 2 heterocycles. The summed E-state index contributed by atoms with van der Waals surface area (Å²) in [4.78, 5) is 14.3. The van der Waals surface area contributed by atoms with E-state index in [0.29, 0.717) is 10.7 Å². The third-order valence-corrected chi connectivity index (χ3v) is 5.93. The highest BCUT2D eigenvalue weighted by Gasteiger charge is 2.41. The molecule has 0 saturated heterocycles. The van der Waals surface area contributed by atoms with Gasteiger partial charge in [-0.2, -0.15) is 0 Å². The van der Waals surface area contributed by atoms with Gasteiger partial charge in [0.15, 0.2) is 5.78 Å². The molecule has 0 fully saturated rings. The van der Waals surface area contributed by atoms with Gasteiger partial charge < -0.3 is 4.57 Å². The van der Waals surface area contributed by atoms with Crippen LogP contribution in [-0.4, -0.2) is 10.4 Å². The van der Waals surface area contributed by atoms with Crippen molar-refractivity contribution in [2.75, 3.05) is 0 Å². The lowest BCUT2D eigenvalue weighted by Crippen LogP contribution is -2.29. The minimum atomic E-state index is -0.687. The van der Waals surface area contributed by atoms with E-state index in [9.17, 15) is 4.79 Å². The number of carbonyl (C=O) groups is 1. The molecule has 2 aromatic carbocycles. The van der Waals surface area contributed by atoms with Gasteiger partial charge in [0.1, 0.15) is 4.75 Å². The number of carbonyl (C=O) groups excluding carboxylic acids is 1. The third-order valence-electron chi connectivity index (χ3n) is 4.24. The van der Waals surface area contributed by atoms with Gasteiger partial charge in [-0.25, -0.2) is 0 Å². The molecule has 4 heteroatoms. The SMILES string of the molecule is CC1(c2ccccc2)Sc2cccc(Cl)c2-n2cccc2C1=O. The summed E-state index contributed by atoms with van der Waals surface area (Å²) in [5.74, 6) is 0.0889. The van der Waals surface area contributed by atoms with Gasteiger partial charge in [0.05, 0.1) is 16.4 Å². The zero-order chi connectivity index (χ0) is 16.0. The fourth-order valence-electron chi connectivity index (χ4n) is 3.03. The molecule has 114 valence electrons. The van der Waals surface area contributed by atoms with Crippen molar-refractivity contribution in [1.82, 2.24) is 4.57 Å². The number of aromatic nitrogens is 1. The minimum Gasteiger partial charge on any atom is -0.311 e. The maximum Gasteiger partial charge on any atom is 0.200 e. The van der Waals surface area contributed by atoms with Gasteiger partial charge in [0, 0.05) is 11.1 Å². The van der Waals surface area contributed by atoms with E-state index in [1.54, 1.807) is 11.8 Å². The number of halogens is 1. The number of rotatable bonds is 1. The first-order valence-electron chi connectivity index (χ1n) is 7.37. The lowest BCUT2D eigenvalue weighted by molar-refractivity contribution is 0.0944. The molecule has 0 spiro atoms. The van der Waals surface area contributed by atoms with Crippen LogP contribution in [0.2, 0.25) is 5.02 Å². The smallest absolute Gasteiger partial charge is 0.200 e. The van der Waals surface area contributed by atoms with Gasteiger partial charge in [-0.3, -0.25) is 4.79 Å². The molecule has 1 aliphatic heterocycles. The molecule has 3 aromatic rings. The van der Waals surface area contributed by atoms with Crippen molar-refractivity contribution in [2.24, 2.45) is 0 Å². The fourth-order valence-corrected chi connectivity index (χ4v) is 4.69. The number of fused-ring (bicyclic) bond motifs is 3. The van der Waals surface area contributed by atoms with E-state index in [4.69, 9.17) is 11.6 Å². The van der Waals surface area contributed by atoms with Crippen molar-refractivity contribution in [3.05, 3.63) is 83.1 Å². The fraction of sp³-hybridized carbons (Fsp3) is 0.105. The van der Waals surface area contributed by atoms with Gasteiger partial charge in [-0.1, -0.05) is 48.0 Å². The van der Waals surface area contributed by atoms with Gasteiger partial charge >= 0.3 is 0 Å². The van der Waals surface area contributed by atoms with E-state index in [-0.39, 0.29) is 5.78 Å². The Hall–Kier alpha value is -1.97. The van der Waals surface area contributed by atoms with Crippen LogP contribution in [0.1, 0.15) is 23.0 Å². The van der Waals surface area contributed by atoms with Gasteiger partial charge in [-0.15, -0.1) is 11.8 Å². The van der Waals surface area contributed by atoms with Crippen LogP contribution in [0.3, 0.4) is 0 Å². The zero-order valence-electron chi connectivity index (χ0n) is 12.5. The van der Waals surface area contributed by atoms with Crippen LogP contribution in [0.15, 0.2) is 71.8 Å². The largest absolute Gasteiger partial charge is 0.311 e. The number of hydrogen-bond acceptors (Lipinski definition) is 2. The van der Waals surface area contributed by atoms with Crippen molar-refractivity contribution in [2.45, 2.75) is 16.6 Å². The van der Waals surface area contributed by atoms with Crippen LogP contribution in [0, 0.1) is 0 Å². The molecule has 1 unspecified atom stereocenters. The summed E-state index contributed by atoms with van der Waals surface area (Å²) >= 11 is 8.00. The van der Waals surface area contributed by atoms with Gasteiger partial charge in [0.25, 0.3) is 0 Å². The predicted molar refractivity (Wildman–Crippen MR) is 94.8 cm³/mol. The van der Waals surface area contributed by atoms with E-state index in [0.717, 1.165) is 16.1 Å². The van der Waals surface area contributed by atoms with Crippen LogP contribution in [0.25, 0.3) is 5.69 Å². The number of benzene rings is 2. The first kappa shape index (κ1) is 14.6. The Balaban J connectivity index is 2.02. The molecule has 1 atom stereocenters. The molecular weight excluding hydrogens is 326 g/mol. The molecule has 0 amide bonds. The minimum absolute atomic E-state index is 0.0889. The number of hydrogen-bond donors (Lipinski definition) is 0. The van der Waals surface area contributed by atoms with E-state index >= 15 is 0 Å². The van der Waals surface area contributed by atoms with Crippen molar-refractivity contribution < 1.29 is 4.79 Å². The maximum absolute atomic E-state index is 13.3. The van der Waals surface area contributed by atoms with Crippen molar-refractivity contribution in [3.63, 3.8) is 0 Å². The second-order valence-corrected chi connectivity index (χ2v) is 7.55. The average molecular weight is 340 g/mol. The molecule has 23 heavy (non-hydrogen) atoms. The Morgan fingerprint density at radius 1 is 1.00 bits per heavy atom. The van der Waals surface area contributed by atoms with E-state index in [1.807, 2.05) is 78.4 Å². The topological polar surface area (TPSA) is 22.0 Å². The zero-order valence-corrected chi connectivity index (χ0v) is 14.1. The number of para-hydroxylation sites is 1. The molecule has 0 bridgehead atoms. The third kappa shape index (κ3) is 2.15. The summed E-state index contributed by atoms with van der Waals surface area (Å²) < 4.78 is 1.22. The van der Waals surface area contributed by atoms with Crippen LogP contribution in [0.4, 0.5) is 0 Å². The normalized spacial score (nSPS) is 19.8. The first-order chi connectivity index (χ1) is 11.1. The molecule has 0 N–H and O–H groups in total. The molecule has 0 saturated carbocycles. The van der Waals surface area contributed by atoms with E-state index in [1.165, 1.54) is 0 Å². The van der Waals surface area contributed by atoms with E-state index < -0.39 is 4.75 Å². The second kappa shape index (κ2) is 5.29. The monoisotopic (exact) mass is 339 g/mol. The van der Waals surface area contributed by atoms with Crippen LogP contribution in [-0.2, 0) is 4.75 Å². The quantitative estimate of drug-likeness (QED) is 0.597. The van der Waals surface area contributed by atoms with Crippen molar-refractivity contribution >= 4 is 29.1 Å². The highest BCUT2D eigenvalue weighted by atomic mass is 35.5. The van der Waals surface area contributed by atoms with Crippen LogP contribution in [0.5, 0.6) is 0 Å². The lowest BCUT2D eigenvalue weighted by atomic mass is 9.93. The number of nitrogens with zero attached hydrogens (tertiary/aromatic N) is 1. The molecule has 4 rings (SSSR count). The molecule has 0 aliphatic carbocycles. The Labute approximate surface area is 144 Å². The molecule has 1 aromatic heterocycles. The van der Waals surface area contributed by atoms with Gasteiger partial charge in [-0.05, 0) is 36.8 Å². The number of thioether (sulfide) groups is 1. The summed E-state index contributed by atoms with van der Waals surface area (Å²) in [6.07, 6.45) is 1.90. The molecular formula is C19H14ClNOS. The first-order valence-corrected chi connectivity index (χ1v) is 8.56. The lowest BCUT2D eigenvalue weighted by Gasteiger charge is -2.26. The van der Waals surface area contributed by atoms with Crippen molar-refractivity contribution in [3.8, 4) is 5.69 Å².